The minimum Gasteiger partial charge on any atom is -0.340 e. The van der Waals surface area contributed by atoms with E-state index in [1.807, 2.05) is 13.8 Å². The van der Waals surface area contributed by atoms with E-state index in [4.69, 9.17) is 12.2 Å². The molecule has 0 heterocycles. The molecule has 0 atom stereocenters. The summed E-state index contributed by atoms with van der Waals surface area (Å²) in [5.74, 6) is 2.55. The fourth-order valence-corrected chi connectivity index (χ4v) is 1.58. The van der Waals surface area contributed by atoms with E-state index in [1.165, 1.54) is 0 Å². The molecule has 0 saturated heterocycles. The van der Waals surface area contributed by atoms with Gasteiger partial charge in [-0.25, -0.2) is 0 Å². The largest absolute Gasteiger partial charge is 0.340 e. The molecule has 1 rings (SSSR count). The van der Waals surface area contributed by atoms with E-state index in [0.717, 1.165) is 19.3 Å². The Morgan fingerprint density at radius 1 is 1.64 bits per heavy atom. The molecule has 3 nitrogen and oxygen atoms in total. The zero-order chi connectivity index (χ0) is 10.8. The molecule has 1 aliphatic rings. The van der Waals surface area contributed by atoms with Crippen molar-refractivity contribution in [3.8, 4) is 12.3 Å². The van der Waals surface area contributed by atoms with Gasteiger partial charge in [0.2, 0.25) is 5.91 Å². The SMILES string of the molecule is C#CC(C)(C)NC(=O)C1(CN)CCC1. The van der Waals surface area contributed by atoms with Gasteiger partial charge in [0.25, 0.3) is 0 Å². The van der Waals surface area contributed by atoms with Gasteiger partial charge in [0.15, 0.2) is 0 Å². The third-order valence-corrected chi connectivity index (χ3v) is 2.97. The maximum Gasteiger partial charge on any atom is 0.228 e. The molecule has 1 fully saturated rings. The number of hydrogen-bond donors (Lipinski definition) is 2. The van der Waals surface area contributed by atoms with Gasteiger partial charge in [-0.05, 0) is 26.7 Å². The Labute approximate surface area is 85.4 Å². The van der Waals surface area contributed by atoms with Gasteiger partial charge in [-0.1, -0.05) is 12.3 Å². The molecule has 0 bridgehead atoms. The van der Waals surface area contributed by atoms with Crippen LogP contribution in [-0.2, 0) is 4.79 Å². The van der Waals surface area contributed by atoms with Crippen molar-refractivity contribution in [2.75, 3.05) is 6.54 Å². The molecule has 3 heteroatoms. The lowest BCUT2D eigenvalue weighted by Gasteiger charge is -2.40. The Morgan fingerprint density at radius 3 is 2.50 bits per heavy atom. The number of rotatable bonds is 3. The summed E-state index contributed by atoms with van der Waals surface area (Å²) >= 11 is 0. The van der Waals surface area contributed by atoms with Crippen molar-refractivity contribution < 1.29 is 4.79 Å². The molecule has 0 aromatic carbocycles. The van der Waals surface area contributed by atoms with E-state index < -0.39 is 5.54 Å². The lowest BCUT2D eigenvalue weighted by molar-refractivity contribution is -0.136. The fraction of sp³-hybridized carbons (Fsp3) is 0.727. The van der Waals surface area contributed by atoms with Crippen molar-refractivity contribution in [3.05, 3.63) is 0 Å². The van der Waals surface area contributed by atoms with Crippen LogP contribution in [0.2, 0.25) is 0 Å². The van der Waals surface area contributed by atoms with Gasteiger partial charge in [0, 0.05) is 6.54 Å². The van der Waals surface area contributed by atoms with E-state index >= 15 is 0 Å². The van der Waals surface area contributed by atoms with E-state index in [0.29, 0.717) is 6.54 Å². The van der Waals surface area contributed by atoms with Crippen LogP contribution < -0.4 is 11.1 Å². The van der Waals surface area contributed by atoms with Gasteiger partial charge in [-0.15, -0.1) is 6.42 Å². The number of terminal acetylenes is 1. The lowest BCUT2D eigenvalue weighted by Crippen LogP contribution is -2.55. The molecule has 1 saturated carbocycles. The summed E-state index contributed by atoms with van der Waals surface area (Å²) in [6.45, 7) is 4.04. The standard InChI is InChI=1S/C11H18N2O/c1-4-10(2,3)13-9(14)11(8-12)6-5-7-11/h1H,5-8,12H2,2-3H3,(H,13,14). The van der Waals surface area contributed by atoms with Crippen LogP contribution in [-0.4, -0.2) is 18.0 Å². The molecule has 0 aromatic heterocycles. The van der Waals surface area contributed by atoms with E-state index in [9.17, 15) is 4.79 Å². The molecule has 1 amide bonds. The van der Waals surface area contributed by atoms with Crippen LogP contribution in [0.1, 0.15) is 33.1 Å². The molecule has 1 aliphatic carbocycles. The first-order valence-electron chi connectivity index (χ1n) is 4.96. The number of carbonyl (C=O) groups excluding carboxylic acids is 1. The van der Waals surface area contributed by atoms with E-state index in [2.05, 4.69) is 11.2 Å². The maximum absolute atomic E-state index is 11.9. The molecule has 14 heavy (non-hydrogen) atoms. The molecule has 3 N–H and O–H groups in total. The highest BCUT2D eigenvalue weighted by Gasteiger charge is 2.43. The zero-order valence-electron chi connectivity index (χ0n) is 8.89. The third kappa shape index (κ3) is 1.91. The van der Waals surface area contributed by atoms with Crippen molar-refractivity contribution in [1.29, 1.82) is 0 Å². The second kappa shape index (κ2) is 3.62. The first kappa shape index (κ1) is 11.1. The van der Waals surface area contributed by atoms with Gasteiger partial charge in [0.05, 0.1) is 11.0 Å². The third-order valence-electron chi connectivity index (χ3n) is 2.97. The Morgan fingerprint density at radius 2 is 2.21 bits per heavy atom. The van der Waals surface area contributed by atoms with Crippen molar-refractivity contribution in [2.24, 2.45) is 11.1 Å². The Bertz CT molecular complexity index is 266. The first-order valence-corrected chi connectivity index (χ1v) is 4.96. The number of amides is 1. The normalized spacial score (nSPS) is 19.3. The molecule has 0 aliphatic heterocycles. The monoisotopic (exact) mass is 194 g/mol. The van der Waals surface area contributed by atoms with Crippen LogP contribution in [0, 0.1) is 17.8 Å². The van der Waals surface area contributed by atoms with Crippen molar-refractivity contribution >= 4 is 5.91 Å². The van der Waals surface area contributed by atoms with Crippen molar-refractivity contribution in [2.45, 2.75) is 38.6 Å². The minimum absolute atomic E-state index is 0.00852. The summed E-state index contributed by atoms with van der Waals surface area (Å²) in [4.78, 5) is 11.9. The minimum atomic E-state index is -0.575. The quantitative estimate of drug-likeness (QED) is 0.648. The highest BCUT2D eigenvalue weighted by atomic mass is 16.2. The predicted octanol–water partition coefficient (Wildman–Crippen LogP) is 0.643. The summed E-state index contributed by atoms with van der Waals surface area (Å²) in [6.07, 6.45) is 8.16. The smallest absolute Gasteiger partial charge is 0.228 e. The molecule has 0 unspecified atom stereocenters. The molecular formula is C11H18N2O. The van der Waals surface area contributed by atoms with Crippen LogP contribution in [0.15, 0.2) is 0 Å². The average molecular weight is 194 g/mol. The van der Waals surface area contributed by atoms with Crippen LogP contribution in [0.3, 0.4) is 0 Å². The number of hydrogen-bond acceptors (Lipinski definition) is 2. The van der Waals surface area contributed by atoms with Gasteiger partial charge < -0.3 is 11.1 Å². The van der Waals surface area contributed by atoms with E-state index in [-0.39, 0.29) is 11.3 Å². The topological polar surface area (TPSA) is 55.1 Å². The van der Waals surface area contributed by atoms with E-state index in [1.54, 1.807) is 0 Å². The van der Waals surface area contributed by atoms with Gasteiger partial charge in [-0.3, -0.25) is 4.79 Å². The molecule has 0 spiro atoms. The van der Waals surface area contributed by atoms with Crippen LogP contribution >= 0.6 is 0 Å². The zero-order valence-corrected chi connectivity index (χ0v) is 8.89. The first-order chi connectivity index (χ1) is 6.46. The summed E-state index contributed by atoms with van der Waals surface area (Å²) in [5, 5.41) is 2.84. The van der Waals surface area contributed by atoms with Crippen molar-refractivity contribution in [1.82, 2.24) is 5.32 Å². The Balaban J connectivity index is 2.63. The second-order valence-electron chi connectivity index (χ2n) is 4.56. The van der Waals surface area contributed by atoms with Crippen LogP contribution in [0.25, 0.3) is 0 Å². The fourth-order valence-electron chi connectivity index (χ4n) is 1.58. The Hall–Kier alpha value is -1.01. The van der Waals surface area contributed by atoms with Gasteiger partial charge in [-0.2, -0.15) is 0 Å². The number of carbonyl (C=O) groups is 1. The van der Waals surface area contributed by atoms with Gasteiger partial charge in [0.1, 0.15) is 0 Å². The average Bonchev–Trinajstić information content (AvgIpc) is 2.02. The lowest BCUT2D eigenvalue weighted by atomic mass is 9.68. The molecule has 78 valence electrons. The highest BCUT2D eigenvalue weighted by Crippen LogP contribution is 2.40. The van der Waals surface area contributed by atoms with Crippen LogP contribution in [0.4, 0.5) is 0 Å². The molecular weight excluding hydrogens is 176 g/mol. The maximum atomic E-state index is 11.9. The predicted molar refractivity (Wildman–Crippen MR) is 56.4 cm³/mol. The highest BCUT2D eigenvalue weighted by molar-refractivity contribution is 5.84. The molecule has 0 aromatic rings. The van der Waals surface area contributed by atoms with Crippen molar-refractivity contribution in [3.63, 3.8) is 0 Å². The Kier molecular flexibility index (Phi) is 2.86. The van der Waals surface area contributed by atoms with Crippen LogP contribution in [0.5, 0.6) is 0 Å². The summed E-state index contributed by atoms with van der Waals surface area (Å²) in [5.41, 5.74) is 4.70. The number of nitrogens with two attached hydrogens (primary N) is 1. The molecule has 0 radical (unpaired) electrons. The summed E-state index contributed by atoms with van der Waals surface area (Å²) in [6, 6.07) is 0. The van der Waals surface area contributed by atoms with Gasteiger partial charge >= 0.3 is 0 Å². The summed E-state index contributed by atoms with van der Waals surface area (Å²) in [7, 11) is 0. The second-order valence-corrected chi connectivity index (χ2v) is 4.56. The summed E-state index contributed by atoms with van der Waals surface area (Å²) < 4.78 is 0. The number of nitrogens with one attached hydrogen (secondary N) is 1.